The van der Waals surface area contributed by atoms with Gasteiger partial charge in [-0.3, -0.25) is 4.57 Å². The third-order valence-corrected chi connectivity index (χ3v) is 5.88. The number of rotatable bonds is 11. The minimum atomic E-state index is -1.54. The fourth-order valence-corrected chi connectivity index (χ4v) is 4.19. The van der Waals surface area contributed by atoms with Gasteiger partial charge >= 0.3 is 12.1 Å². The van der Waals surface area contributed by atoms with Crippen LogP contribution < -0.4 is 0 Å². The molecule has 4 rings (SSSR count). The molecule has 13 nitrogen and oxygen atoms in total. The average Bonchev–Trinajstić information content (AvgIpc) is 3.59. The summed E-state index contributed by atoms with van der Waals surface area (Å²) in [5, 5.41) is 25.2. The molecule has 0 aliphatic heterocycles. The van der Waals surface area contributed by atoms with Gasteiger partial charge in [-0.05, 0) is 49.6 Å². The maximum absolute atomic E-state index is 13.2. The van der Waals surface area contributed by atoms with Gasteiger partial charge in [0.1, 0.15) is 24.6 Å². The van der Waals surface area contributed by atoms with E-state index in [0.717, 1.165) is 22.3 Å². The number of imidazole rings is 1. The van der Waals surface area contributed by atoms with Gasteiger partial charge in [-0.15, -0.1) is 10.2 Å². The lowest BCUT2D eigenvalue weighted by molar-refractivity contribution is 0.00674. The summed E-state index contributed by atoms with van der Waals surface area (Å²) < 4.78 is 22.4. The number of carbonyl (C=O) groups excluding carboxylic acids is 2. The van der Waals surface area contributed by atoms with Crippen LogP contribution in [-0.4, -0.2) is 60.6 Å². The molecule has 41 heavy (non-hydrogen) atoms. The average molecular weight is 565 g/mol. The Morgan fingerprint density at radius 1 is 1.02 bits per heavy atom. The third kappa shape index (κ3) is 7.13. The van der Waals surface area contributed by atoms with Gasteiger partial charge in [0.05, 0.1) is 11.8 Å². The van der Waals surface area contributed by atoms with E-state index < -0.39 is 17.7 Å². The van der Waals surface area contributed by atoms with Crippen molar-refractivity contribution in [2.45, 2.75) is 59.3 Å². The zero-order valence-corrected chi connectivity index (χ0v) is 23.5. The fourth-order valence-electron chi connectivity index (χ4n) is 4.19. The van der Waals surface area contributed by atoms with Crippen molar-refractivity contribution in [3.8, 4) is 22.5 Å². The Balaban J connectivity index is 1.52. The molecule has 0 saturated heterocycles. The topological polar surface area (TPSA) is 164 Å². The maximum atomic E-state index is 13.2. The van der Waals surface area contributed by atoms with Gasteiger partial charge < -0.3 is 24.1 Å². The molecule has 2 aromatic carbocycles. The van der Waals surface area contributed by atoms with Crippen LogP contribution in [0.25, 0.3) is 22.5 Å². The van der Waals surface area contributed by atoms with Crippen molar-refractivity contribution in [3.05, 3.63) is 71.3 Å². The summed E-state index contributed by atoms with van der Waals surface area (Å²) in [6.07, 6.45) is -1.27. The van der Waals surface area contributed by atoms with Crippen molar-refractivity contribution in [1.82, 2.24) is 30.2 Å². The van der Waals surface area contributed by atoms with Gasteiger partial charge in [-0.2, -0.15) is 5.21 Å². The Morgan fingerprint density at radius 3 is 2.34 bits per heavy atom. The number of nitrogens with one attached hydrogen (secondary N) is 1. The summed E-state index contributed by atoms with van der Waals surface area (Å²) in [5.41, 5.74) is 1.86. The molecule has 0 aliphatic rings. The van der Waals surface area contributed by atoms with Crippen molar-refractivity contribution in [3.63, 3.8) is 0 Å². The van der Waals surface area contributed by atoms with Gasteiger partial charge in [0.2, 0.25) is 5.82 Å². The van der Waals surface area contributed by atoms with Crippen molar-refractivity contribution in [2.75, 3.05) is 7.11 Å². The highest BCUT2D eigenvalue weighted by atomic mass is 16.7. The predicted octanol–water partition coefficient (Wildman–Crippen LogP) is 3.98. The van der Waals surface area contributed by atoms with Crippen LogP contribution in [0.15, 0.2) is 48.5 Å². The second kappa shape index (κ2) is 12.7. The number of carbonyl (C=O) groups is 2. The van der Waals surface area contributed by atoms with E-state index in [0.29, 0.717) is 5.82 Å². The number of aliphatic hydroxyl groups is 1. The largest absolute Gasteiger partial charge is 0.510 e. The molecule has 4 aromatic rings. The first-order valence-corrected chi connectivity index (χ1v) is 12.8. The molecule has 0 saturated carbocycles. The maximum Gasteiger partial charge on any atom is 0.510 e. The van der Waals surface area contributed by atoms with Crippen LogP contribution in [0.2, 0.25) is 0 Å². The zero-order chi connectivity index (χ0) is 29.6. The quantitative estimate of drug-likeness (QED) is 0.253. The van der Waals surface area contributed by atoms with Gasteiger partial charge in [-0.1, -0.05) is 48.5 Å². The molecule has 0 radical (unpaired) electrons. The van der Waals surface area contributed by atoms with Gasteiger partial charge in [-0.25, -0.2) is 14.6 Å². The van der Waals surface area contributed by atoms with Gasteiger partial charge in [0, 0.05) is 12.7 Å². The van der Waals surface area contributed by atoms with Crippen molar-refractivity contribution >= 4 is 12.1 Å². The molecule has 0 amide bonds. The van der Waals surface area contributed by atoms with Crippen molar-refractivity contribution in [1.29, 1.82) is 0 Å². The molecular weight excluding hydrogens is 532 g/mol. The summed E-state index contributed by atoms with van der Waals surface area (Å²) in [7, 11) is 1.46. The van der Waals surface area contributed by atoms with E-state index in [4.69, 9.17) is 18.9 Å². The first-order valence-electron chi connectivity index (χ1n) is 12.8. The van der Waals surface area contributed by atoms with E-state index in [-0.39, 0.29) is 43.3 Å². The smallest absolute Gasteiger partial charge is 0.456 e. The monoisotopic (exact) mass is 564 g/mol. The van der Waals surface area contributed by atoms with Crippen LogP contribution in [0.3, 0.4) is 0 Å². The van der Waals surface area contributed by atoms with Crippen molar-refractivity contribution in [2.24, 2.45) is 0 Å². The first-order chi connectivity index (χ1) is 19.6. The number of aromatic nitrogens is 6. The second-order valence-electron chi connectivity index (χ2n) is 9.89. The highest BCUT2D eigenvalue weighted by molar-refractivity contribution is 5.89. The molecule has 2 aromatic heterocycles. The fraction of sp³-hybridized carbons (Fsp3) is 0.357. The molecule has 0 aliphatic carbocycles. The zero-order valence-electron chi connectivity index (χ0n) is 23.5. The summed E-state index contributed by atoms with van der Waals surface area (Å²) in [6, 6.07) is 15.2. The SMILES string of the molecule is COCc1nc(C(=O)OCc2ccc(-c3ccccc3-c3nn[nH]n3)cc2)c(C(C)(C)O)n1COC(=O)OC(C)C. The number of benzene rings is 2. The molecule has 0 spiro atoms. The molecule has 0 atom stereocenters. The van der Waals surface area contributed by atoms with Gasteiger partial charge in [0.15, 0.2) is 12.4 Å². The summed E-state index contributed by atoms with van der Waals surface area (Å²) in [4.78, 5) is 29.5. The Hall–Kier alpha value is -4.62. The number of hydrogen-bond donors (Lipinski definition) is 2. The van der Waals surface area contributed by atoms with Crippen molar-refractivity contribution < 1.29 is 33.6 Å². The Kier molecular flexibility index (Phi) is 9.10. The van der Waals surface area contributed by atoms with Crippen LogP contribution >= 0.6 is 0 Å². The highest BCUT2D eigenvalue weighted by Crippen LogP contribution is 2.30. The number of ether oxygens (including phenoxy) is 4. The Morgan fingerprint density at radius 2 is 1.73 bits per heavy atom. The lowest BCUT2D eigenvalue weighted by atomic mass is 9.98. The first kappa shape index (κ1) is 29.4. The second-order valence-corrected chi connectivity index (χ2v) is 9.89. The minimum Gasteiger partial charge on any atom is -0.456 e. The normalized spacial score (nSPS) is 11.5. The lowest BCUT2D eigenvalue weighted by Gasteiger charge is -2.22. The minimum absolute atomic E-state index is 0.00819. The van der Waals surface area contributed by atoms with E-state index in [1.165, 1.54) is 25.5 Å². The van der Waals surface area contributed by atoms with Crippen LogP contribution in [0.1, 0.15) is 55.3 Å². The third-order valence-electron chi connectivity index (χ3n) is 5.88. The predicted molar refractivity (Wildman–Crippen MR) is 145 cm³/mol. The molecule has 0 bridgehead atoms. The summed E-state index contributed by atoms with van der Waals surface area (Å²) in [6.45, 7) is 5.96. The van der Waals surface area contributed by atoms with Gasteiger partial charge in [0.25, 0.3) is 0 Å². The molecule has 0 fully saturated rings. The van der Waals surface area contributed by atoms with Crippen LogP contribution in [0.5, 0.6) is 0 Å². The van der Waals surface area contributed by atoms with E-state index in [1.54, 1.807) is 13.8 Å². The Bertz CT molecular complexity index is 1470. The number of H-pyrrole nitrogens is 1. The number of methoxy groups -OCH3 is 1. The highest BCUT2D eigenvalue weighted by Gasteiger charge is 2.33. The standard InChI is InChI=1S/C28H32N6O7/c1-17(2)41-27(36)40-16-34-22(15-38-5)29-23(24(34)28(3,4)37)26(35)39-14-18-10-12-19(13-11-18)20-8-6-7-9-21(20)25-30-32-33-31-25/h6-13,17,37H,14-16H2,1-5H3,(H,30,31,32,33). The molecule has 2 heterocycles. The lowest BCUT2D eigenvalue weighted by Crippen LogP contribution is -2.27. The van der Waals surface area contributed by atoms with Crippen LogP contribution in [0.4, 0.5) is 4.79 Å². The molecule has 2 N–H and O–H groups in total. The number of esters is 1. The number of aromatic amines is 1. The number of nitrogens with zero attached hydrogens (tertiary/aromatic N) is 5. The van der Waals surface area contributed by atoms with E-state index in [2.05, 4.69) is 25.6 Å². The van der Waals surface area contributed by atoms with Crippen LogP contribution in [0, 0.1) is 0 Å². The molecule has 0 unspecified atom stereocenters. The number of hydrogen-bond acceptors (Lipinski definition) is 11. The van der Waals surface area contributed by atoms with E-state index in [1.807, 2.05) is 48.5 Å². The summed E-state index contributed by atoms with van der Waals surface area (Å²) in [5.74, 6) is -0.0104. The molecular formula is C28H32N6O7. The van der Waals surface area contributed by atoms with E-state index in [9.17, 15) is 14.7 Å². The van der Waals surface area contributed by atoms with Crippen LogP contribution in [-0.2, 0) is 44.5 Å². The van der Waals surface area contributed by atoms with E-state index >= 15 is 0 Å². The number of tetrazole rings is 1. The molecule has 216 valence electrons. The Labute approximate surface area is 236 Å². The summed E-state index contributed by atoms with van der Waals surface area (Å²) >= 11 is 0. The molecule has 13 heteroatoms.